The molecule has 0 aromatic heterocycles. The molecule has 0 radical (unpaired) electrons. The molecule has 0 saturated heterocycles. The first-order valence-corrected chi connectivity index (χ1v) is 16.9. The van der Waals surface area contributed by atoms with Crippen molar-refractivity contribution in [1.82, 2.24) is 4.72 Å². The van der Waals surface area contributed by atoms with Crippen molar-refractivity contribution in [2.45, 2.75) is 37.0 Å². The van der Waals surface area contributed by atoms with E-state index >= 15 is 0 Å². The highest BCUT2D eigenvalue weighted by Crippen LogP contribution is 2.56. The van der Waals surface area contributed by atoms with Crippen molar-refractivity contribution < 1.29 is 46.8 Å². The fourth-order valence-electron chi connectivity index (χ4n) is 6.26. The molecule has 4 aromatic rings. The molecule has 11 nitrogen and oxygen atoms in total. The van der Waals surface area contributed by atoms with Crippen LogP contribution in [-0.2, 0) is 19.6 Å². The first kappa shape index (κ1) is 32.7. The van der Waals surface area contributed by atoms with E-state index < -0.39 is 46.3 Å². The van der Waals surface area contributed by atoms with Gasteiger partial charge in [-0.2, -0.15) is 0 Å². The number of ether oxygens (including phenoxy) is 5. The van der Waals surface area contributed by atoms with Gasteiger partial charge in [-0.25, -0.2) is 13.1 Å². The number of rotatable bonds is 12. The maximum absolute atomic E-state index is 13.3. The van der Waals surface area contributed by atoms with Gasteiger partial charge < -0.3 is 28.8 Å². The zero-order valence-corrected chi connectivity index (χ0v) is 27.4. The number of aliphatic carboxylic acids is 1. The molecule has 2 aliphatic rings. The average molecular weight is 674 g/mol. The molecular weight excluding hydrogens is 638 g/mol. The second-order valence-electron chi connectivity index (χ2n) is 11.6. The number of fused-ring (bicyclic) bond motifs is 2. The van der Waals surface area contributed by atoms with Crippen molar-refractivity contribution in [1.29, 1.82) is 0 Å². The van der Waals surface area contributed by atoms with E-state index in [1.165, 1.54) is 19.2 Å². The van der Waals surface area contributed by atoms with Gasteiger partial charge in [-0.05, 0) is 72.5 Å². The van der Waals surface area contributed by atoms with Gasteiger partial charge in [0.05, 0.1) is 24.5 Å². The SMILES string of the molecule is CCCOc1ccc2c(c1)[C@@H](c1ccc(OC)cc1OCC(=O)NS(=O)(=O)c1ccc(C)cc1)[C@H](C(=O)O)[C@H]2c1ccc2c(c1)OCO2. The Bertz CT molecular complexity index is 1960. The zero-order chi connectivity index (χ0) is 34.0. The molecule has 1 aliphatic heterocycles. The van der Waals surface area contributed by atoms with Crippen LogP contribution in [0.1, 0.15) is 53.0 Å². The highest BCUT2D eigenvalue weighted by atomic mass is 32.2. The Labute approximate surface area is 278 Å². The summed E-state index contributed by atoms with van der Waals surface area (Å²) in [4.78, 5) is 26.1. The van der Waals surface area contributed by atoms with Gasteiger partial charge in [-0.3, -0.25) is 9.59 Å². The van der Waals surface area contributed by atoms with Crippen LogP contribution in [0.3, 0.4) is 0 Å². The smallest absolute Gasteiger partial charge is 0.308 e. The van der Waals surface area contributed by atoms with E-state index in [2.05, 4.69) is 0 Å². The third-order valence-corrected chi connectivity index (χ3v) is 9.84. The number of aryl methyl sites for hydroxylation is 1. The molecule has 6 rings (SSSR count). The minimum Gasteiger partial charge on any atom is -0.497 e. The summed E-state index contributed by atoms with van der Waals surface area (Å²) >= 11 is 0. The summed E-state index contributed by atoms with van der Waals surface area (Å²) in [7, 11) is -2.68. The van der Waals surface area contributed by atoms with E-state index in [9.17, 15) is 23.1 Å². The van der Waals surface area contributed by atoms with E-state index in [0.717, 1.165) is 28.7 Å². The monoisotopic (exact) mass is 673 g/mol. The van der Waals surface area contributed by atoms with Crippen molar-refractivity contribution in [2.24, 2.45) is 5.92 Å². The van der Waals surface area contributed by atoms with Crippen molar-refractivity contribution in [3.8, 4) is 28.7 Å². The molecule has 0 unspecified atom stereocenters. The van der Waals surface area contributed by atoms with Gasteiger partial charge >= 0.3 is 5.97 Å². The number of hydrogen-bond donors (Lipinski definition) is 2. The van der Waals surface area contributed by atoms with Crippen LogP contribution in [0.5, 0.6) is 28.7 Å². The maximum atomic E-state index is 13.3. The van der Waals surface area contributed by atoms with Gasteiger partial charge in [0.15, 0.2) is 18.1 Å². The van der Waals surface area contributed by atoms with Crippen LogP contribution < -0.4 is 28.4 Å². The summed E-state index contributed by atoms with van der Waals surface area (Å²) in [5.41, 5.74) is 3.59. The highest BCUT2D eigenvalue weighted by Gasteiger charge is 2.48. The van der Waals surface area contributed by atoms with Gasteiger partial charge in [0.25, 0.3) is 15.9 Å². The molecule has 48 heavy (non-hydrogen) atoms. The minimum atomic E-state index is -4.15. The van der Waals surface area contributed by atoms with Gasteiger partial charge in [-0.1, -0.05) is 42.8 Å². The Kier molecular flexibility index (Phi) is 9.18. The Balaban J connectivity index is 1.38. The molecule has 2 N–H and O–H groups in total. The second kappa shape index (κ2) is 13.5. The van der Waals surface area contributed by atoms with Crippen LogP contribution >= 0.6 is 0 Å². The van der Waals surface area contributed by atoms with Crippen LogP contribution in [0, 0.1) is 12.8 Å². The number of benzene rings is 4. The number of carboxylic acid groups (broad SMARTS) is 1. The maximum Gasteiger partial charge on any atom is 0.308 e. The summed E-state index contributed by atoms with van der Waals surface area (Å²) in [6.45, 7) is 3.72. The Morgan fingerprint density at radius 2 is 1.58 bits per heavy atom. The predicted octanol–water partition coefficient (Wildman–Crippen LogP) is 5.38. The number of carbonyl (C=O) groups is 2. The number of amides is 1. The topological polar surface area (TPSA) is 147 Å². The van der Waals surface area contributed by atoms with Crippen LogP contribution in [-0.4, -0.2) is 52.5 Å². The summed E-state index contributed by atoms with van der Waals surface area (Å²) in [6, 6.07) is 22.0. The summed E-state index contributed by atoms with van der Waals surface area (Å²) < 4.78 is 56.2. The Morgan fingerprint density at radius 3 is 2.31 bits per heavy atom. The van der Waals surface area contributed by atoms with E-state index in [-0.39, 0.29) is 17.4 Å². The molecule has 1 aliphatic carbocycles. The third kappa shape index (κ3) is 6.48. The molecule has 0 bridgehead atoms. The minimum absolute atomic E-state index is 0.0639. The van der Waals surface area contributed by atoms with Gasteiger partial charge in [0.1, 0.15) is 17.2 Å². The second-order valence-corrected chi connectivity index (χ2v) is 13.3. The van der Waals surface area contributed by atoms with Crippen LogP contribution in [0.15, 0.2) is 83.8 Å². The molecule has 12 heteroatoms. The molecule has 0 spiro atoms. The first-order valence-electron chi connectivity index (χ1n) is 15.4. The van der Waals surface area contributed by atoms with Crippen molar-refractivity contribution in [3.05, 3.63) is 107 Å². The molecule has 0 fully saturated rings. The summed E-state index contributed by atoms with van der Waals surface area (Å²) in [6.07, 6.45) is 0.788. The normalized spacial score (nSPS) is 17.8. The fourth-order valence-corrected chi connectivity index (χ4v) is 7.23. The van der Waals surface area contributed by atoms with Crippen molar-refractivity contribution >= 4 is 21.9 Å². The van der Waals surface area contributed by atoms with E-state index in [1.807, 2.05) is 42.8 Å². The predicted molar refractivity (Wildman–Crippen MR) is 175 cm³/mol. The Morgan fingerprint density at radius 1 is 0.854 bits per heavy atom. The van der Waals surface area contributed by atoms with Crippen molar-refractivity contribution in [3.63, 3.8) is 0 Å². The molecule has 4 aromatic carbocycles. The number of hydrogen-bond acceptors (Lipinski definition) is 9. The average Bonchev–Trinajstić information content (AvgIpc) is 3.68. The van der Waals surface area contributed by atoms with Gasteiger partial charge in [0.2, 0.25) is 6.79 Å². The third-order valence-electron chi connectivity index (χ3n) is 8.45. The number of carboxylic acids is 1. The highest BCUT2D eigenvalue weighted by molar-refractivity contribution is 7.90. The molecule has 1 amide bonds. The molecule has 1 heterocycles. The zero-order valence-electron chi connectivity index (χ0n) is 26.6. The van der Waals surface area contributed by atoms with Crippen LogP contribution in [0.4, 0.5) is 0 Å². The van der Waals surface area contributed by atoms with E-state index in [1.54, 1.807) is 42.5 Å². The molecule has 3 atom stereocenters. The summed E-state index contributed by atoms with van der Waals surface area (Å²) in [5.74, 6) is -2.01. The largest absolute Gasteiger partial charge is 0.497 e. The van der Waals surface area contributed by atoms with Crippen molar-refractivity contribution in [2.75, 3.05) is 27.1 Å². The lowest BCUT2D eigenvalue weighted by Crippen LogP contribution is -2.34. The molecule has 0 saturated carbocycles. The lowest BCUT2D eigenvalue weighted by atomic mass is 9.79. The van der Waals surface area contributed by atoms with Gasteiger partial charge in [-0.15, -0.1) is 0 Å². The molecular formula is C36H35NO10S. The van der Waals surface area contributed by atoms with Crippen LogP contribution in [0.2, 0.25) is 0 Å². The summed E-state index contributed by atoms with van der Waals surface area (Å²) in [5, 5.41) is 10.8. The number of nitrogens with one attached hydrogen (secondary N) is 1. The molecule has 250 valence electrons. The van der Waals surface area contributed by atoms with Gasteiger partial charge in [0, 0.05) is 23.5 Å². The van der Waals surface area contributed by atoms with Crippen LogP contribution in [0.25, 0.3) is 0 Å². The standard InChI is InChI=1S/C36H35NO10S/c1-4-15-44-24-9-12-26-28(17-24)34(35(36(39)40)33(26)22-7-14-29-31(16-22)47-20-46-29)27-13-8-23(43-3)18-30(27)45-19-32(38)37-48(41,42)25-10-5-21(2)6-11-25/h5-14,16-18,33-35H,4,15,19-20H2,1-3H3,(H,37,38)(H,39,40)/t33-,34+,35+/m0/s1. The lowest BCUT2D eigenvalue weighted by Gasteiger charge is -2.25. The lowest BCUT2D eigenvalue weighted by molar-refractivity contribution is -0.142. The van der Waals surface area contributed by atoms with E-state index in [0.29, 0.717) is 35.2 Å². The fraction of sp³-hybridized carbons (Fsp3) is 0.278. The van der Waals surface area contributed by atoms with E-state index in [4.69, 9.17) is 23.7 Å². The first-order chi connectivity index (χ1) is 23.1. The number of methoxy groups -OCH3 is 1. The number of sulfonamides is 1. The Hall–Kier alpha value is -5.23. The quantitative estimate of drug-likeness (QED) is 0.201. The number of carbonyl (C=O) groups excluding carboxylic acids is 1.